The monoisotopic (exact) mass is 265 g/mol. The van der Waals surface area contributed by atoms with E-state index in [0.717, 1.165) is 19.3 Å². The Balaban J connectivity index is 1.99. The number of aliphatic carboxylic acids is 1. The Bertz CT molecular complexity index is 500. The van der Waals surface area contributed by atoms with E-state index in [-0.39, 0.29) is 17.5 Å². The van der Waals surface area contributed by atoms with Crippen LogP contribution in [0, 0.1) is 15.5 Å². The molecule has 1 heterocycles. The summed E-state index contributed by atoms with van der Waals surface area (Å²) in [6.07, 6.45) is 4.24. The molecule has 7 nitrogen and oxygen atoms in total. The number of aromatic nitrogens is 1. The van der Waals surface area contributed by atoms with Crippen molar-refractivity contribution in [1.29, 1.82) is 0 Å². The fourth-order valence-electron chi connectivity index (χ4n) is 2.32. The van der Waals surface area contributed by atoms with E-state index in [1.807, 2.05) is 0 Å². The summed E-state index contributed by atoms with van der Waals surface area (Å²) >= 11 is 0. The van der Waals surface area contributed by atoms with Crippen molar-refractivity contribution < 1.29 is 14.8 Å². The predicted octanol–water partition coefficient (Wildman–Crippen LogP) is 2.05. The first-order chi connectivity index (χ1) is 9.01. The molecule has 1 aliphatic carbocycles. The number of nitro groups is 1. The maximum atomic E-state index is 10.8. The van der Waals surface area contributed by atoms with E-state index >= 15 is 0 Å². The van der Waals surface area contributed by atoms with Gasteiger partial charge in [-0.25, -0.2) is 4.98 Å². The number of carboxylic acid groups (broad SMARTS) is 1. The van der Waals surface area contributed by atoms with Crippen LogP contribution in [0.5, 0.6) is 0 Å². The van der Waals surface area contributed by atoms with Gasteiger partial charge in [0, 0.05) is 18.8 Å². The van der Waals surface area contributed by atoms with Gasteiger partial charge >= 0.3 is 5.97 Å². The van der Waals surface area contributed by atoms with Crippen LogP contribution in [0.15, 0.2) is 18.3 Å². The molecule has 1 saturated carbocycles. The topological polar surface area (TPSA) is 105 Å². The molecule has 0 radical (unpaired) electrons. The molecule has 0 spiro atoms. The van der Waals surface area contributed by atoms with E-state index in [1.54, 1.807) is 0 Å². The van der Waals surface area contributed by atoms with E-state index in [1.165, 1.54) is 18.3 Å². The number of nitrogens with zero attached hydrogens (tertiary/aromatic N) is 2. The lowest BCUT2D eigenvalue weighted by molar-refractivity contribution is -0.384. The predicted molar refractivity (Wildman–Crippen MR) is 67.9 cm³/mol. The maximum absolute atomic E-state index is 10.8. The molecule has 19 heavy (non-hydrogen) atoms. The molecule has 1 aliphatic rings. The van der Waals surface area contributed by atoms with Crippen LogP contribution < -0.4 is 5.32 Å². The minimum Gasteiger partial charge on any atom is -0.481 e. The highest BCUT2D eigenvalue weighted by Crippen LogP contribution is 2.43. The summed E-state index contributed by atoms with van der Waals surface area (Å²) in [6, 6.07) is 2.68. The molecule has 7 heteroatoms. The SMILES string of the molecule is O=C(O)CC1(CNc2cc([N+](=O)[O-])ccn2)CCC1. The van der Waals surface area contributed by atoms with Gasteiger partial charge in [-0.15, -0.1) is 0 Å². The number of rotatable bonds is 6. The Kier molecular flexibility index (Phi) is 3.64. The Morgan fingerprint density at radius 3 is 2.84 bits per heavy atom. The minimum atomic E-state index is -0.812. The van der Waals surface area contributed by atoms with Gasteiger partial charge in [0.1, 0.15) is 5.82 Å². The Morgan fingerprint density at radius 1 is 1.58 bits per heavy atom. The molecule has 0 saturated heterocycles. The first-order valence-corrected chi connectivity index (χ1v) is 6.07. The van der Waals surface area contributed by atoms with E-state index in [9.17, 15) is 14.9 Å². The van der Waals surface area contributed by atoms with Gasteiger partial charge in [-0.2, -0.15) is 0 Å². The minimum absolute atomic E-state index is 0.0293. The fraction of sp³-hybridized carbons (Fsp3) is 0.500. The average molecular weight is 265 g/mol. The quantitative estimate of drug-likeness (QED) is 0.602. The van der Waals surface area contributed by atoms with Crippen molar-refractivity contribution in [2.75, 3.05) is 11.9 Å². The third kappa shape index (κ3) is 3.18. The zero-order valence-electron chi connectivity index (χ0n) is 10.3. The average Bonchev–Trinajstić information content (AvgIpc) is 2.32. The molecule has 0 unspecified atom stereocenters. The Labute approximate surface area is 109 Å². The molecule has 1 aromatic heterocycles. The van der Waals surface area contributed by atoms with E-state index in [4.69, 9.17) is 5.11 Å². The van der Waals surface area contributed by atoms with Crippen molar-refractivity contribution in [1.82, 2.24) is 4.98 Å². The fourth-order valence-corrected chi connectivity index (χ4v) is 2.32. The Morgan fingerprint density at radius 2 is 2.32 bits per heavy atom. The van der Waals surface area contributed by atoms with Crippen molar-refractivity contribution in [3.63, 3.8) is 0 Å². The summed E-state index contributed by atoms with van der Waals surface area (Å²) in [6.45, 7) is 0.480. The van der Waals surface area contributed by atoms with Gasteiger partial charge in [-0.1, -0.05) is 6.42 Å². The van der Waals surface area contributed by atoms with Crippen LogP contribution in [-0.2, 0) is 4.79 Å². The second-order valence-electron chi connectivity index (χ2n) is 4.93. The maximum Gasteiger partial charge on any atom is 0.303 e. The van der Waals surface area contributed by atoms with Gasteiger partial charge in [0.15, 0.2) is 0 Å². The van der Waals surface area contributed by atoms with Gasteiger partial charge in [0.05, 0.1) is 17.4 Å². The molecule has 1 aromatic rings. The van der Waals surface area contributed by atoms with Crippen LogP contribution in [0.25, 0.3) is 0 Å². The third-order valence-electron chi connectivity index (χ3n) is 3.54. The highest BCUT2D eigenvalue weighted by atomic mass is 16.6. The van der Waals surface area contributed by atoms with Crippen molar-refractivity contribution in [3.8, 4) is 0 Å². The standard InChI is InChI=1S/C12H15N3O4/c16-11(17)7-12(3-1-4-12)8-14-10-6-9(15(18)19)2-5-13-10/h2,5-6H,1,3-4,7-8H2,(H,13,14)(H,16,17). The Hall–Kier alpha value is -2.18. The summed E-state index contributed by atoms with van der Waals surface area (Å²) in [5.41, 5.74) is -0.267. The number of anilines is 1. The molecule has 102 valence electrons. The van der Waals surface area contributed by atoms with Crippen LogP contribution >= 0.6 is 0 Å². The highest BCUT2D eigenvalue weighted by molar-refractivity contribution is 5.68. The van der Waals surface area contributed by atoms with Gasteiger partial charge in [-0.3, -0.25) is 14.9 Å². The van der Waals surface area contributed by atoms with Gasteiger partial charge < -0.3 is 10.4 Å². The normalized spacial score (nSPS) is 16.4. The number of hydrogen-bond donors (Lipinski definition) is 2. The second kappa shape index (κ2) is 5.21. The van der Waals surface area contributed by atoms with Crippen molar-refractivity contribution in [2.45, 2.75) is 25.7 Å². The van der Waals surface area contributed by atoms with Crippen LogP contribution in [-0.4, -0.2) is 27.5 Å². The van der Waals surface area contributed by atoms with Crippen LogP contribution in [0.3, 0.4) is 0 Å². The van der Waals surface area contributed by atoms with Crippen LogP contribution in [0.2, 0.25) is 0 Å². The molecule has 0 bridgehead atoms. The van der Waals surface area contributed by atoms with E-state index in [0.29, 0.717) is 12.4 Å². The molecule has 2 rings (SSSR count). The summed E-state index contributed by atoms with van der Waals surface area (Å²) in [7, 11) is 0. The lowest BCUT2D eigenvalue weighted by Gasteiger charge is -2.40. The molecule has 0 aromatic carbocycles. The number of nitrogens with one attached hydrogen (secondary N) is 1. The van der Waals surface area contributed by atoms with Gasteiger partial charge in [0.2, 0.25) is 0 Å². The number of carboxylic acids is 1. The van der Waals surface area contributed by atoms with E-state index < -0.39 is 10.9 Å². The number of carbonyl (C=O) groups is 1. The van der Waals surface area contributed by atoms with Crippen molar-refractivity contribution in [2.24, 2.45) is 5.41 Å². The summed E-state index contributed by atoms with van der Waals surface area (Å²) in [5.74, 6) is -0.403. The molecular weight excluding hydrogens is 250 g/mol. The first kappa shape index (κ1) is 13.3. The van der Waals surface area contributed by atoms with Gasteiger partial charge in [-0.05, 0) is 18.3 Å². The smallest absolute Gasteiger partial charge is 0.303 e. The second-order valence-corrected chi connectivity index (χ2v) is 4.93. The molecule has 0 aliphatic heterocycles. The van der Waals surface area contributed by atoms with Crippen LogP contribution in [0.4, 0.5) is 11.5 Å². The zero-order chi connectivity index (χ0) is 13.9. The van der Waals surface area contributed by atoms with Crippen molar-refractivity contribution >= 4 is 17.5 Å². The molecule has 2 N–H and O–H groups in total. The zero-order valence-corrected chi connectivity index (χ0v) is 10.3. The number of hydrogen-bond acceptors (Lipinski definition) is 5. The lowest BCUT2D eigenvalue weighted by atomic mass is 9.66. The highest BCUT2D eigenvalue weighted by Gasteiger charge is 2.38. The van der Waals surface area contributed by atoms with Crippen molar-refractivity contribution in [3.05, 3.63) is 28.4 Å². The molecule has 0 atom stereocenters. The summed E-state index contributed by atoms with van der Waals surface area (Å²) < 4.78 is 0. The largest absolute Gasteiger partial charge is 0.481 e. The molecule has 1 fully saturated rings. The van der Waals surface area contributed by atoms with Crippen LogP contribution in [0.1, 0.15) is 25.7 Å². The summed E-state index contributed by atoms with van der Waals surface area (Å²) in [4.78, 5) is 25.0. The van der Waals surface area contributed by atoms with E-state index in [2.05, 4.69) is 10.3 Å². The molecule has 0 amide bonds. The van der Waals surface area contributed by atoms with Gasteiger partial charge in [0.25, 0.3) is 5.69 Å². The summed E-state index contributed by atoms with van der Waals surface area (Å²) in [5, 5.41) is 22.5. The third-order valence-corrected chi connectivity index (χ3v) is 3.54. The number of pyridine rings is 1. The lowest BCUT2D eigenvalue weighted by Crippen LogP contribution is -2.38. The first-order valence-electron chi connectivity index (χ1n) is 6.07. The molecular formula is C12H15N3O4.